The lowest BCUT2D eigenvalue weighted by Crippen LogP contribution is -2.43. The van der Waals surface area contributed by atoms with E-state index in [1.165, 1.54) is 17.2 Å². The topological polar surface area (TPSA) is 126 Å². The van der Waals surface area contributed by atoms with Crippen LogP contribution in [0.3, 0.4) is 0 Å². The largest absolute Gasteiger partial charge is 0.480 e. The van der Waals surface area contributed by atoms with Crippen molar-refractivity contribution in [3.05, 3.63) is 54.4 Å². The second-order valence-corrected chi connectivity index (χ2v) is 5.98. The van der Waals surface area contributed by atoms with Crippen molar-refractivity contribution in [1.29, 1.82) is 0 Å². The van der Waals surface area contributed by atoms with E-state index in [2.05, 4.69) is 25.3 Å². The van der Waals surface area contributed by atoms with E-state index in [1.54, 1.807) is 12.3 Å². The molecule has 9 nitrogen and oxygen atoms in total. The monoisotopic (exact) mass is 386 g/mol. The summed E-state index contributed by atoms with van der Waals surface area (Å²) in [5.74, 6) is -4.15. The van der Waals surface area contributed by atoms with E-state index < -0.39 is 29.6 Å². The molecule has 3 N–H and O–H groups in total. The molecule has 3 aromatic heterocycles. The van der Waals surface area contributed by atoms with Crippen molar-refractivity contribution in [3.8, 4) is 0 Å². The average Bonchev–Trinajstić information content (AvgIpc) is 3.28. The quantitative estimate of drug-likeness (QED) is 0.477. The third-order valence-corrected chi connectivity index (χ3v) is 4.21. The lowest BCUT2D eigenvalue weighted by Gasteiger charge is -2.15. The molecular formula is C17H12F2N6O3. The van der Waals surface area contributed by atoms with Gasteiger partial charge in [0.15, 0.2) is 11.6 Å². The number of fused-ring (bicyclic) bond motifs is 2. The molecule has 4 aromatic rings. The van der Waals surface area contributed by atoms with Gasteiger partial charge in [-0.3, -0.25) is 4.79 Å². The number of aromatic amines is 1. The number of aromatic nitrogens is 5. The van der Waals surface area contributed by atoms with Crippen molar-refractivity contribution in [1.82, 2.24) is 29.8 Å². The van der Waals surface area contributed by atoms with Crippen LogP contribution in [0.2, 0.25) is 0 Å². The van der Waals surface area contributed by atoms with Crippen molar-refractivity contribution in [2.75, 3.05) is 0 Å². The third-order valence-electron chi connectivity index (χ3n) is 4.21. The molecule has 4 rings (SSSR count). The smallest absolute Gasteiger partial charge is 0.328 e. The van der Waals surface area contributed by atoms with E-state index in [0.717, 1.165) is 12.1 Å². The number of amides is 1. The highest BCUT2D eigenvalue weighted by molar-refractivity contribution is 6.04. The van der Waals surface area contributed by atoms with Crippen molar-refractivity contribution in [2.24, 2.45) is 0 Å². The lowest BCUT2D eigenvalue weighted by atomic mass is 10.2. The van der Waals surface area contributed by atoms with E-state index in [1.807, 2.05) is 0 Å². The fourth-order valence-corrected chi connectivity index (χ4v) is 2.86. The summed E-state index contributed by atoms with van der Waals surface area (Å²) in [6, 6.07) is 2.08. The first-order chi connectivity index (χ1) is 13.4. The number of rotatable bonds is 5. The SMILES string of the molecule is O=C(N[C@H](Cn1cnc2cc(F)c(F)cc21)C(=O)O)c1ncnc2[nH]ccc12. The average molecular weight is 386 g/mol. The summed E-state index contributed by atoms with van der Waals surface area (Å²) in [6.07, 6.45) is 4.01. The highest BCUT2D eigenvalue weighted by atomic mass is 19.2. The summed E-state index contributed by atoms with van der Waals surface area (Å²) >= 11 is 0. The van der Waals surface area contributed by atoms with Gasteiger partial charge in [0.2, 0.25) is 0 Å². The maximum absolute atomic E-state index is 13.5. The third kappa shape index (κ3) is 3.02. The van der Waals surface area contributed by atoms with Crippen LogP contribution in [0.15, 0.2) is 37.1 Å². The van der Waals surface area contributed by atoms with Crippen LogP contribution in [0.5, 0.6) is 0 Å². The molecule has 0 aliphatic heterocycles. The van der Waals surface area contributed by atoms with Gasteiger partial charge in [-0.15, -0.1) is 0 Å². The molecule has 0 aliphatic rings. The minimum Gasteiger partial charge on any atom is -0.480 e. The first kappa shape index (κ1) is 17.5. The highest BCUT2D eigenvalue weighted by Gasteiger charge is 2.24. The van der Waals surface area contributed by atoms with E-state index in [9.17, 15) is 23.5 Å². The predicted octanol–water partition coefficient (Wildman–Crippen LogP) is 1.47. The number of hydrogen-bond acceptors (Lipinski definition) is 5. The van der Waals surface area contributed by atoms with Crippen molar-refractivity contribution in [2.45, 2.75) is 12.6 Å². The molecule has 0 saturated carbocycles. The normalized spacial score (nSPS) is 12.4. The van der Waals surface area contributed by atoms with Gasteiger partial charge in [0.25, 0.3) is 5.91 Å². The van der Waals surface area contributed by atoms with Gasteiger partial charge in [-0.2, -0.15) is 0 Å². The van der Waals surface area contributed by atoms with Gasteiger partial charge in [0, 0.05) is 18.3 Å². The number of carboxylic acids is 1. The molecule has 1 atom stereocenters. The number of imidazole rings is 1. The zero-order valence-electron chi connectivity index (χ0n) is 14.1. The Kier molecular flexibility index (Phi) is 4.18. The summed E-state index contributed by atoms with van der Waals surface area (Å²) in [7, 11) is 0. The molecule has 0 spiro atoms. The number of halogens is 2. The fourth-order valence-electron chi connectivity index (χ4n) is 2.86. The maximum Gasteiger partial charge on any atom is 0.328 e. The maximum atomic E-state index is 13.5. The number of carbonyl (C=O) groups is 2. The molecule has 3 heterocycles. The molecule has 0 aliphatic carbocycles. The van der Waals surface area contributed by atoms with Crippen LogP contribution in [0.25, 0.3) is 22.1 Å². The molecule has 11 heteroatoms. The van der Waals surface area contributed by atoms with Gasteiger partial charge in [-0.25, -0.2) is 28.5 Å². The van der Waals surface area contributed by atoms with Crippen LogP contribution in [0, 0.1) is 11.6 Å². The van der Waals surface area contributed by atoms with Crippen LogP contribution in [-0.2, 0) is 11.3 Å². The molecule has 1 aromatic carbocycles. The van der Waals surface area contributed by atoms with Crippen molar-refractivity contribution >= 4 is 33.9 Å². The van der Waals surface area contributed by atoms with Gasteiger partial charge < -0.3 is 20.0 Å². The Labute approximate surface area is 155 Å². The van der Waals surface area contributed by atoms with E-state index in [-0.39, 0.29) is 23.3 Å². The summed E-state index contributed by atoms with van der Waals surface area (Å²) < 4.78 is 28.2. The number of hydrogen-bond donors (Lipinski definition) is 3. The minimum atomic E-state index is -1.36. The number of carbonyl (C=O) groups excluding carboxylic acids is 1. The molecule has 28 heavy (non-hydrogen) atoms. The Morgan fingerprint density at radius 2 is 2.00 bits per heavy atom. The summed E-state index contributed by atoms with van der Waals surface area (Å²) in [6.45, 7) is -0.246. The number of aliphatic carboxylic acids is 1. The van der Waals surface area contributed by atoms with Gasteiger partial charge in [0.05, 0.1) is 29.3 Å². The van der Waals surface area contributed by atoms with Crippen LogP contribution >= 0.6 is 0 Å². The molecular weight excluding hydrogens is 374 g/mol. The molecule has 0 bridgehead atoms. The zero-order valence-corrected chi connectivity index (χ0v) is 14.1. The lowest BCUT2D eigenvalue weighted by molar-refractivity contribution is -0.139. The predicted molar refractivity (Wildman–Crippen MR) is 92.4 cm³/mol. The van der Waals surface area contributed by atoms with E-state index >= 15 is 0 Å². The number of nitrogens with one attached hydrogen (secondary N) is 2. The number of H-pyrrole nitrogens is 1. The summed E-state index contributed by atoms with van der Waals surface area (Å²) in [5.41, 5.74) is 0.819. The van der Waals surface area contributed by atoms with Crippen LogP contribution in [0.4, 0.5) is 8.78 Å². The second-order valence-electron chi connectivity index (χ2n) is 5.98. The van der Waals surface area contributed by atoms with Crippen LogP contribution < -0.4 is 5.32 Å². The highest BCUT2D eigenvalue weighted by Crippen LogP contribution is 2.18. The Bertz CT molecular complexity index is 1220. The number of carboxylic acid groups (broad SMARTS) is 1. The summed E-state index contributed by atoms with van der Waals surface area (Å²) in [5, 5.41) is 12.3. The molecule has 0 saturated heterocycles. The van der Waals surface area contributed by atoms with Crippen molar-refractivity contribution < 1.29 is 23.5 Å². The molecule has 142 valence electrons. The summed E-state index contributed by atoms with van der Waals surface area (Å²) in [4.78, 5) is 38.8. The van der Waals surface area contributed by atoms with Crippen molar-refractivity contribution in [3.63, 3.8) is 0 Å². The standard InChI is InChI=1S/C17H12F2N6O3/c18-9-3-11-13(4-10(9)19)25(7-23-11)5-12(17(27)28)24-16(26)14-8-1-2-20-15(8)22-6-21-14/h1-4,6-7,12H,5H2,(H,24,26)(H,27,28)(H,20,21,22)/t12-/m1/s1. The van der Waals surface area contributed by atoms with Gasteiger partial charge >= 0.3 is 5.97 Å². The first-order valence-electron chi connectivity index (χ1n) is 8.05. The minimum absolute atomic E-state index is 0.0149. The molecule has 0 fully saturated rings. The second kappa shape index (κ2) is 6.68. The fraction of sp³-hybridized carbons (Fsp3) is 0.118. The Balaban J connectivity index is 1.62. The number of benzene rings is 1. The Morgan fingerprint density at radius 3 is 2.79 bits per heavy atom. The zero-order chi connectivity index (χ0) is 19.8. The Hall–Kier alpha value is -3.89. The molecule has 0 radical (unpaired) electrons. The van der Waals surface area contributed by atoms with E-state index in [0.29, 0.717) is 11.0 Å². The van der Waals surface area contributed by atoms with Crippen LogP contribution in [0.1, 0.15) is 10.5 Å². The van der Waals surface area contributed by atoms with Gasteiger partial charge in [0.1, 0.15) is 23.7 Å². The number of nitrogens with zero attached hydrogens (tertiary/aromatic N) is 4. The van der Waals surface area contributed by atoms with Gasteiger partial charge in [-0.1, -0.05) is 0 Å². The molecule has 1 amide bonds. The Morgan fingerprint density at radius 1 is 1.21 bits per heavy atom. The molecule has 0 unspecified atom stereocenters. The van der Waals surface area contributed by atoms with Crippen LogP contribution in [-0.4, -0.2) is 47.5 Å². The first-order valence-corrected chi connectivity index (χ1v) is 8.05. The van der Waals surface area contributed by atoms with Gasteiger partial charge in [-0.05, 0) is 6.07 Å². The van der Waals surface area contributed by atoms with E-state index in [4.69, 9.17) is 0 Å².